The lowest BCUT2D eigenvalue weighted by atomic mass is 10.2. The van der Waals surface area contributed by atoms with Gasteiger partial charge in [0, 0.05) is 37.3 Å². The lowest BCUT2D eigenvalue weighted by Crippen LogP contribution is -2.30. The van der Waals surface area contributed by atoms with Crippen molar-refractivity contribution in [3.8, 4) is 0 Å². The van der Waals surface area contributed by atoms with Gasteiger partial charge in [-0.1, -0.05) is 0 Å². The van der Waals surface area contributed by atoms with Gasteiger partial charge in [-0.15, -0.1) is 0 Å². The minimum absolute atomic E-state index is 0.0141. The lowest BCUT2D eigenvalue weighted by Gasteiger charge is -2.08. The molecule has 0 atom stereocenters. The number of hydrogen-bond donors (Lipinski definition) is 6. The van der Waals surface area contributed by atoms with E-state index in [1.54, 1.807) is 24.3 Å². The maximum atomic E-state index is 12.2. The van der Waals surface area contributed by atoms with Crippen LogP contribution in [0.2, 0.25) is 0 Å². The van der Waals surface area contributed by atoms with E-state index in [-0.39, 0.29) is 28.9 Å². The number of fused-ring (bicyclic) bond motifs is 1. The zero-order valence-corrected chi connectivity index (χ0v) is 17.4. The minimum atomic E-state index is -0.451. The van der Waals surface area contributed by atoms with Crippen LogP contribution in [0.3, 0.4) is 0 Å². The van der Waals surface area contributed by atoms with E-state index in [0.29, 0.717) is 50.3 Å². The molecule has 3 rings (SSSR count). The molecule has 0 saturated heterocycles. The number of benzene rings is 1. The first-order chi connectivity index (χ1) is 15.5. The van der Waals surface area contributed by atoms with Crippen LogP contribution in [0.4, 0.5) is 11.6 Å². The van der Waals surface area contributed by atoms with Crippen molar-refractivity contribution in [2.75, 3.05) is 30.7 Å². The van der Waals surface area contributed by atoms with Gasteiger partial charge in [-0.2, -0.15) is 4.98 Å². The molecule has 1 aromatic carbocycles. The Balaban J connectivity index is 1.48. The van der Waals surface area contributed by atoms with E-state index in [2.05, 4.69) is 35.9 Å². The fraction of sp³-hybridized carbons (Fsp3) is 0.300. The number of aromatic amines is 1. The first-order valence-corrected chi connectivity index (χ1v) is 10.1. The number of amides is 2. The van der Waals surface area contributed by atoms with E-state index in [4.69, 9.17) is 11.5 Å². The first kappa shape index (κ1) is 22.6. The number of aromatic nitrogens is 4. The number of carbonyl (C=O) groups excluding carboxylic acids is 2. The third-order valence-corrected chi connectivity index (χ3v) is 4.44. The molecule has 168 valence electrons. The summed E-state index contributed by atoms with van der Waals surface area (Å²) in [6, 6.07) is 6.90. The summed E-state index contributed by atoms with van der Waals surface area (Å²) in [5, 5.41) is 8.62. The Kier molecular flexibility index (Phi) is 7.65. The number of nitrogen functional groups attached to an aromatic ring is 1. The Morgan fingerprint density at radius 1 is 1.06 bits per heavy atom. The molecule has 2 heterocycles. The van der Waals surface area contributed by atoms with E-state index in [9.17, 15) is 14.4 Å². The van der Waals surface area contributed by atoms with Crippen molar-refractivity contribution in [2.24, 2.45) is 5.73 Å². The predicted molar refractivity (Wildman–Crippen MR) is 120 cm³/mol. The second-order valence-corrected chi connectivity index (χ2v) is 6.91. The lowest BCUT2D eigenvalue weighted by molar-refractivity contribution is -0.121. The van der Waals surface area contributed by atoms with Gasteiger partial charge >= 0.3 is 0 Å². The van der Waals surface area contributed by atoms with Crippen LogP contribution in [0.25, 0.3) is 11.2 Å². The molecule has 0 unspecified atom stereocenters. The Hall–Kier alpha value is -4.06. The van der Waals surface area contributed by atoms with Crippen LogP contribution in [-0.4, -0.2) is 51.4 Å². The van der Waals surface area contributed by atoms with Gasteiger partial charge in [0.1, 0.15) is 0 Å². The van der Waals surface area contributed by atoms with Gasteiger partial charge in [0.15, 0.2) is 11.2 Å². The zero-order chi connectivity index (χ0) is 22.9. The fourth-order valence-corrected chi connectivity index (χ4v) is 2.84. The second kappa shape index (κ2) is 10.8. The summed E-state index contributed by atoms with van der Waals surface area (Å²) in [4.78, 5) is 50.3. The van der Waals surface area contributed by atoms with Crippen LogP contribution >= 0.6 is 0 Å². The molecule has 3 aromatic rings. The Bertz CT molecular complexity index is 1150. The van der Waals surface area contributed by atoms with Crippen LogP contribution in [0.15, 0.2) is 35.3 Å². The third-order valence-electron chi connectivity index (χ3n) is 4.44. The highest BCUT2D eigenvalue weighted by Crippen LogP contribution is 2.11. The monoisotopic (exact) mass is 439 g/mol. The molecule has 12 heteroatoms. The standard InChI is InChI=1S/C20H25N9O3/c21-7-9-23-15(30)2-1-8-24-18(31)12-3-5-13(6-4-12)25-10-14-11-26-17-16(27-14)19(32)29-20(22)28-17/h3-6,11,25H,1-2,7-10,21H2,(H,23,30)(H,24,31)(H3,22,26,28,29,32). The minimum Gasteiger partial charge on any atom is -0.379 e. The van der Waals surface area contributed by atoms with Crippen LogP contribution < -0.4 is 33.0 Å². The highest BCUT2D eigenvalue weighted by molar-refractivity contribution is 5.94. The van der Waals surface area contributed by atoms with Gasteiger partial charge in [-0.3, -0.25) is 19.4 Å². The van der Waals surface area contributed by atoms with Crippen molar-refractivity contribution in [2.45, 2.75) is 19.4 Å². The molecule has 0 saturated carbocycles. The largest absolute Gasteiger partial charge is 0.379 e. The predicted octanol–water partition coefficient (Wildman–Crippen LogP) is -0.508. The molecular formula is C20H25N9O3. The Labute approximate surface area is 183 Å². The summed E-state index contributed by atoms with van der Waals surface area (Å²) in [6.45, 7) is 1.57. The quantitative estimate of drug-likeness (QED) is 0.226. The summed E-state index contributed by atoms with van der Waals surface area (Å²) in [5.41, 5.74) is 12.5. The van der Waals surface area contributed by atoms with E-state index in [0.717, 1.165) is 5.69 Å². The SMILES string of the molecule is NCCNC(=O)CCCNC(=O)c1ccc(NCc2cnc3nc(N)[nH]c(=O)c3n2)cc1. The number of nitrogens with two attached hydrogens (primary N) is 2. The van der Waals surface area contributed by atoms with Gasteiger partial charge in [0.05, 0.1) is 18.4 Å². The molecule has 32 heavy (non-hydrogen) atoms. The van der Waals surface area contributed by atoms with Crippen LogP contribution in [-0.2, 0) is 11.3 Å². The van der Waals surface area contributed by atoms with Crippen LogP contribution in [0, 0.1) is 0 Å². The summed E-state index contributed by atoms with van der Waals surface area (Å²) < 4.78 is 0. The molecule has 0 fully saturated rings. The van der Waals surface area contributed by atoms with E-state index >= 15 is 0 Å². The normalized spacial score (nSPS) is 10.7. The number of hydrogen-bond acceptors (Lipinski definition) is 9. The Morgan fingerprint density at radius 2 is 1.84 bits per heavy atom. The van der Waals surface area contributed by atoms with Crippen molar-refractivity contribution in [3.05, 3.63) is 52.1 Å². The summed E-state index contributed by atoms with van der Waals surface area (Å²) in [7, 11) is 0. The average Bonchev–Trinajstić information content (AvgIpc) is 2.79. The summed E-state index contributed by atoms with van der Waals surface area (Å²) in [6.07, 6.45) is 2.38. The zero-order valence-electron chi connectivity index (χ0n) is 17.4. The molecule has 0 aliphatic heterocycles. The topological polar surface area (TPSA) is 194 Å². The molecule has 2 amide bonds. The number of nitrogens with zero attached hydrogens (tertiary/aromatic N) is 3. The number of anilines is 2. The smallest absolute Gasteiger partial charge is 0.280 e. The molecule has 0 bridgehead atoms. The molecule has 8 N–H and O–H groups in total. The number of carbonyl (C=O) groups is 2. The molecular weight excluding hydrogens is 414 g/mol. The van der Waals surface area contributed by atoms with Gasteiger partial charge in [0.2, 0.25) is 11.9 Å². The summed E-state index contributed by atoms with van der Waals surface area (Å²) in [5.74, 6) is -0.314. The highest BCUT2D eigenvalue weighted by atomic mass is 16.2. The van der Waals surface area contributed by atoms with Crippen molar-refractivity contribution in [3.63, 3.8) is 0 Å². The van der Waals surface area contributed by atoms with Gasteiger partial charge in [-0.05, 0) is 30.7 Å². The Morgan fingerprint density at radius 3 is 2.59 bits per heavy atom. The highest BCUT2D eigenvalue weighted by Gasteiger charge is 2.08. The molecule has 0 aliphatic rings. The molecule has 2 aromatic heterocycles. The number of nitrogens with one attached hydrogen (secondary N) is 4. The van der Waals surface area contributed by atoms with Crippen molar-refractivity contribution in [1.29, 1.82) is 0 Å². The van der Waals surface area contributed by atoms with E-state index < -0.39 is 5.56 Å². The molecule has 0 spiro atoms. The average molecular weight is 439 g/mol. The van der Waals surface area contributed by atoms with E-state index in [1.807, 2.05) is 0 Å². The van der Waals surface area contributed by atoms with Gasteiger partial charge in [0.25, 0.3) is 11.5 Å². The van der Waals surface area contributed by atoms with Crippen molar-refractivity contribution in [1.82, 2.24) is 30.6 Å². The maximum absolute atomic E-state index is 12.2. The van der Waals surface area contributed by atoms with Crippen LogP contribution in [0.1, 0.15) is 28.9 Å². The number of rotatable bonds is 10. The second-order valence-electron chi connectivity index (χ2n) is 6.91. The van der Waals surface area contributed by atoms with Crippen molar-refractivity contribution >= 4 is 34.6 Å². The first-order valence-electron chi connectivity index (χ1n) is 10.1. The fourth-order valence-electron chi connectivity index (χ4n) is 2.84. The molecule has 0 aliphatic carbocycles. The van der Waals surface area contributed by atoms with Gasteiger partial charge < -0.3 is 27.4 Å². The van der Waals surface area contributed by atoms with Crippen LogP contribution in [0.5, 0.6) is 0 Å². The number of H-pyrrole nitrogens is 1. The molecule has 0 radical (unpaired) electrons. The van der Waals surface area contributed by atoms with Crippen molar-refractivity contribution < 1.29 is 9.59 Å². The molecule has 12 nitrogen and oxygen atoms in total. The summed E-state index contributed by atoms with van der Waals surface area (Å²) >= 11 is 0. The third kappa shape index (κ3) is 6.22. The van der Waals surface area contributed by atoms with E-state index in [1.165, 1.54) is 6.20 Å². The maximum Gasteiger partial charge on any atom is 0.280 e. The van der Waals surface area contributed by atoms with Gasteiger partial charge in [-0.25, -0.2) is 9.97 Å².